The van der Waals surface area contributed by atoms with Gasteiger partial charge in [-0.1, -0.05) is 12.1 Å². The van der Waals surface area contributed by atoms with E-state index in [1.165, 1.54) is 25.9 Å². The quantitative estimate of drug-likeness (QED) is 0.581. The predicted octanol–water partition coefficient (Wildman–Crippen LogP) is 3.20. The summed E-state index contributed by atoms with van der Waals surface area (Å²) in [7, 11) is 1.64. The number of carbonyl (C=O) groups is 1. The van der Waals surface area contributed by atoms with E-state index in [0.717, 1.165) is 62.7 Å². The van der Waals surface area contributed by atoms with Crippen LogP contribution < -0.4 is 10.1 Å². The van der Waals surface area contributed by atoms with Gasteiger partial charge in [0, 0.05) is 24.6 Å². The lowest BCUT2D eigenvalue weighted by atomic mass is 9.96. The molecule has 8 nitrogen and oxygen atoms in total. The summed E-state index contributed by atoms with van der Waals surface area (Å²) in [5.74, 6) is 3.11. The molecule has 8 heteroatoms. The van der Waals surface area contributed by atoms with Crippen LogP contribution in [0.25, 0.3) is 11.4 Å². The molecule has 0 bridgehead atoms. The van der Waals surface area contributed by atoms with Crippen molar-refractivity contribution < 1.29 is 14.1 Å². The number of nitrogens with zero attached hydrogens (tertiary/aromatic N) is 4. The Morgan fingerprint density at radius 3 is 2.67 bits per heavy atom. The maximum atomic E-state index is 12.6. The molecule has 1 atom stereocenters. The molecule has 4 rings (SSSR count). The van der Waals surface area contributed by atoms with E-state index in [1.807, 2.05) is 24.3 Å². The Hall–Kier alpha value is -2.45. The van der Waals surface area contributed by atoms with Crippen molar-refractivity contribution in [2.45, 2.75) is 45.6 Å². The number of methoxy groups -OCH3 is 1. The molecule has 1 aromatic carbocycles. The second kappa shape index (κ2) is 11.6. The molecule has 0 saturated carbocycles. The SMILES string of the molecule is COc1ccc(-c2noc(CN3CCC(C(=O)NCCCN4CCCC(C)C4)CC3)n2)cc1. The molecule has 0 spiro atoms. The standard InChI is InChI=1S/C25H37N5O3/c1-19-5-3-13-29(17-19)14-4-12-26-25(31)21-10-15-30(16-11-21)18-23-27-24(28-33-23)20-6-8-22(32-2)9-7-20/h6-9,19,21H,3-5,10-18H2,1-2H3,(H,26,31). The third-order valence-corrected chi connectivity index (χ3v) is 6.83. The zero-order chi connectivity index (χ0) is 23.0. The predicted molar refractivity (Wildman–Crippen MR) is 127 cm³/mol. The van der Waals surface area contributed by atoms with Crippen molar-refractivity contribution in [3.63, 3.8) is 0 Å². The Morgan fingerprint density at radius 1 is 1.15 bits per heavy atom. The number of rotatable bonds is 9. The van der Waals surface area contributed by atoms with Gasteiger partial charge >= 0.3 is 0 Å². The second-order valence-corrected chi connectivity index (χ2v) is 9.48. The summed E-state index contributed by atoms with van der Waals surface area (Å²) < 4.78 is 10.6. The molecule has 0 radical (unpaired) electrons. The van der Waals surface area contributed by atoms with Gasteiger partial charge in [-0.25, -0.2) is 0 Å². The van der Waals surface area contributed by atoms with E-state index < -0.39 is 0 Å². The summed E-state index contributed by atoms with van der Waals surface area (Å²) in [6.45, 7) is 8.95. The number of amides is 1. The maximum absolute atomic E-state index is 12.6. The highest BCUT2D eigenvalue weighted by Gasteiger charge is 2.26. The van der Waals surface area contributed by atoms with E-state index in [-0.39, 0.29) is 11.8 Å². The molecule has 1 aromatic heterocycles. The fourth-order valence-electron chi connectivity index (χ4n) is 4.87. The third kappa shape index (κ3) is 6.77. The number of hydrogen-bond donors (Lipinski definition) is 1. The lowest BCUT2D eigenvalue weighted by Gasteiger charge is -2.31. The Morgan fingerprint density at radius 2 is 1.94 bits per heavy atom. The number of benzene rings is 1. The third-order valence-electron chi connectivity index (χ3n) is 6.83. The minimum absolute atomic E-state index is 0.105. The number of piperidine rings is 2. The molecule has 2 saturated heterocycles. The van der Waals surface area contributed by atoms with Crippen molar-refractivity contribution >= 4 is 5.91 Å². The summed E-state index contributed by atoms with van der Waals surface area (Å²) in [6, 6.07) is 7.61. The number of nitrogens with one attached hydrogen (secondary N) is 1. The lowest BCUT2D eigenvalue weighted by Crippen LogP contribution is -2.41. The van der Waals surface area contributed by atoms with E-state index in [4.69, 9.17) is 9.26 Å². The Balaban J connectivity index is 1.15. The molecule has 3 heterocycles. The van der Waals surface area contributed by atoms with Crippen molar-refractivity contribution in [3.8, 4) is 17.1 Å². The molecular weight excluding hydrogens is 418 g/mol. The first-order valence-electron chi connectivity index (χ1n) is 12.3. The molecule has 0 aliphatic carbocycles. The van der Waals surface area contributed by atoms with Gasteiger partial charge in [0.1, 0.15) is 5.75 Å². The number of carbonyl (C=O) groups excluding carboxylic acids is 1. The molecule has 2 fully saturated rings. The van der Waals surface area contributed by atoms with Crippen molar-refractivity contribution in [1.29, 1.82) is 0 Å². The molecule has 1 unspecified atom stereocenters. The highest BCUT2D eigenvalue weighted by Crippen LogP contribution is 2.22. The minimum atomic E-state index is 0.105. The van der Waals surface area contributed by atoms with Crippen LogP contribution in [0, 0.1) is 11.8 Å². The average Bonchev–Trinajstić information content (AvgIpc) is 3.31. The summed E-state index contributed by atoms with van der Waals surface area (Å²) in [5.41, 5.74) is 0.899. The first-order chi connectivity index (χ1) is 16.1. The van der Waals surface area contributed by atoms with Gasteiger partial charge < -0.3 is 19.5 Å². The number of hydrogen-bond acceptors (Lipinski definition) is 7. The van der Waals surface area contributed by atoms with E-state index in [9.17, 15) is 4.79 Å². The van der Waals surface area contributed by atoms with Crippen LogP contribution in [0.1, 0.15) is 44.9 Å². The van der Waals surface area contributed by atoms with Crippen LogP contribution in [0.4, 0.5) is 0 Å². The summed E-state index contributed by atoms with van der Waals surface area (Å²) >= 11 is 0. The molecule has 1 amide bonds. The van der Waals surface area contributed by atoms with Crippen LogP contribution in [0.5, 0.6) is 5.75 Å². The van der Waals surface area contributed by atoms with Crippen LogP contribution in [0.3, 0.4) is 0 Å². The van der Waals surface area contributed by atoms with Gasteiger partial charge in [0.25, 0.3) is 0 Å². The number of aromatic nitrogens is 2. The van der Waals surface area contributed by atoms with Crippen molar-refractivity contribution in [2.24, 2.45) is 11.8 Å². The fourth-order valence-corrected chi connectivity index (χ4v) is 4.87. The summed E-state index contributed by atoms with van der Waals surface area (Å²) in [5, 5.41) is 7.27. The van der Waals surface area contributed by atoms with Crippen LogP contribution >= 0.6 is 0 Å². The maximum Gasteiger partial charge on any atom is 0.241 e. The Kier molecular flexibility index (Phi) is 8.34. The van der Waals surface area contributed by atoms with Gasteiger partial charge in [0.2, 0.25) is 17.6 Å². The topological polar surface area (TPSA) is 83.7 Å². The van der Waals surface area contributed by atoms with Crippen LogP contribution in [-0.4, -0.2) is 72.2 Å². The molecule has 1 N–H and O–H groups in total. The zero-order valence-electron chi connectivity index (χ0n) is 20.0. The van der Waals surface area contributed by atoms with Crippen molar-refractivity contribution in [3.05, 3.63) is 30.2 Å². The first-order valence-corrected chi connectivity index (χ1v) is 12.3. The Bertz CT molecular complexity index is 876. The highest BCUT2D eigenvalue weighted by atomic mass is 16.5. The van der Waals surface area contributed by atoms with Crippen LogP contribution in [0.2, 0.25) is 0 Å². The van der Waals surface area contributed by atoms with E-state index in [1.54, 1.807) is 7.11 Å². The van der Waals surface area contributed by atoms with E-state index in [2.05, 4.69) is 32.2 Å². The molecule has 2 aromatic rings. The minimum Gasteiger partial charge on any atom is -0.497 e. The number of ether oxygens (including phenoxy) is 1. The van der Waals surface area contributed by atoms with Gasteiger partial charge in [0.15, 0.2) is 0 Å². The smallest absolute Gasteiger partial charge is 0.241 e. The zero-order valence-corrected chi connectivity index (χ0v) is 20.0. The van der Waals surface area contributed by atoms with Crippen LogP contribution in [-0.2, 0) is 11.3 Å². The highest BCUT2D eigenvalue weighted by molar-refractivity contribution is 5.78. The average molecular weight is 456 g/mol. The first kappa shape index (κ1) is 23.7. The Labute approximate surface area is 196 Å². The molecular formula is C25H37N5O3. The van der Waals surface area contributed by atoms with Gasteiger partial charge in [-0.2, -0.15) is 4.98 Å². The molecule has 2 aliphatic heterocycles. The monoisotopic (exact) mass is 455 g/mol. The van der Waals surface area contributed by atoms with E-state index >= 15 is 0 Å². The molecule has 180 valence electrons. The van der Waals surface area contributed by atoms with Gasteiger partial charge in [-0.3, -0.25) is 9.69 Å². The second-order valence-electron chi connectivity index (χ2n) is 9.48. The number of likely N-dealkylation sites (tertiary alicyclic amines) is 2. The largest absolute Gasteiger partial charge is 0.497 e. The van der Waals surface area contributed by atoms with Crippen molar-refractivity contribution in [2.75, 3.05) is 46.4 Å². The van der Waals surface area contributed by atoms with Gasteiger partial charge in [-0.05, 0) is 88.5 Å². The van der Waals surface area contributed by atoms with Crippen LogP contribution in [0.15, 0.2) is 28.8 Å². The lowest BCUT2D eigenvalue weighted by molar-refractivity contribution is -0.126. The molecule has 33 heavy (non-hydrogen) atoms. The summed E-state index contributed by atoms with van der Waals surface area (Å²) in [4.78, 5) is 21.9. The fraction of sp³-hybridized carbons (Fsp3) is 0.640. The van der Waals surface area contributed by atoms with E-state index in [0.29, 0.717) is 18.3 Å². The normalized spacial score (nSPS) is 20.6. The van der Waals surface area contributed by atoms with Gasteiger partial charge in [-0.15, -0.1) is 0 Å². The van der Waals surface area contributed by atoms with Gasteiger partial charge in [0.05, 0.1) is 13.7 Å². The van der Waals surface area contributed by atoms with Crippen molar-refractivity contribution in [1.82, 2.24) is 25.3 Å². The summed E-state index contributed by atoms with van der Waals surface area (Å²) in [6.07, 6.45) is 5.43. The molecule has 2 aliphatic rings.